The largest absolute Gasteiger partial charge is 0.453 e. The Hall–Kier alpha value is -3.91. The van der Waals surface area contributed by atoms with Gasteiger partial charge < -0.3 is 10.1 Å². The fourth-order valence-electron chi connectivity index (χ4n) is 2.71. The molecule has 1 amide bonds. The van der Waals surface area contributed by atoms with Crippen molar-refractivity contribution < 1.29 is 18.3 Å². The number of carbonyl (C=O) groups excluding carboxylic acids is 1. The molecule has 0 saturated carbocycles. The Balaban J connectivity index is 1.42. The quantitative estimate of drug-likeness (QED) is 0.382. The maximum atomic E-state index is 14.3. The molecule has 8 heteroatoms. The summed E-state index contributed by atoms with van der Waals surface area (Å²) in [4.78, 5) is 20.5. The van der Waals surface area contributed by atoms with E-state index in [1.807, 2.05) is 0 Å². The zero-order valence-electron chi connectivity index (χ0n) is 16.0. The van der Waals surface area contributed by atoms with Crippen LogP contribution in [0, 0.1) is 11.6 Å². The van der Waals surface area contributed by atoms with Crippen LogP contribution < -0.4 is 10.1 Å². The Morgan fingerprint density at radius 2 is 1.94 bits per heavy atom. The van der Waals surface area contributed by atoms with Crippen molar-refractivity contribution in [1.82, 2.24) is 9.97 Å². The molecule has 0 radical (unpaired) electrons. The number of ether oxygens (including phenoxy) is 1. The van der Waals surface area contributed by atoms with Crippen molar-refractivity contribution >= 4 is 28.3 Å². The first-order valence-electron chi connectivity index (χ1n) is 9.14. The van der Waals surface area contributed by atoms with Gasteiger partial charge in [0.2, 0.25) is 5.91 Å². The van der Waals surface area contributed by atoms with E-state index in [9.17, 15) is 13.6 Å². The van der Waals surface area contributed by atoms with Crippen LogP contribution in [0.5, 0.6) is 11.5 Å². The van der Waals surface area contributed by atoms with Gasteiger partial charge in [0.25, 0.3) is 0 Å². The van der Waals surface area contributed by atoms with E-state index in [0.29, 0.717) is 27.6 Å². The van der Waals surface area contributed by atoms with Gasteiger partial charge in [-0.05, 0) is 60.2 Å². The number of hydrogen-bond donors (Lipinski definition) is 1. The highest BCUT2D eigenvalue weighted by molar-refractivity contribution is 7.14. The van der Waals surface area contributed by atoms with E-state index >= 15 is 0 Å². The summed E-state index contributed by atoms with van der Waals surface area (Å²) < 4.78 is 32.9. The van der Waals surface area contributed by atoms with E-state index < -0.39 is 11.7 Å². The van der Waals surface area contributed by atoms with Crippen LogP contribution in [0.25, 0.3) is 17.3 Å². The Morgan fingerprint density at radius 3 is 2.68 bits per heavy atom. The normalized spacial score (nSPS) is 10.9. The average molecular weight is 435 g/mol. The third kappa shape index (κ3) is 5.18. The van der Waals surface area contributed by atoms with Gasteiger partial charge >= 0.3 is 0 Å². The molecule has 5 nitrogen and oxygen atoms in total. The van der Waals surface area contributed by atoms with Crippen molar-refractivity contribution in [2.45, 2.75) is 0 Å². The number of nitrogens with zero attached hydrogens (tertiary/aromatic N) is 2. The van der Waals surface area contributed by atoms with E-state index in [1.165, 1.54) is 54.0 Å². The minimum Gasteiger partial charge on any atom is -0.453 e. The molecule has 1 N–H and O–H groups in total. The average Bonchev–Trinajstić information content (AvgIpc) is 3.23. The lowest BCUT2D eigenvalue weighted by Gasteiger charge is -2.06. The second-order valence-electron chi connectivity index (χ2n) is 6.34. The topological polar surface area (TPSA) is 64.1 Å². The van der Waals surface area contributed by atoms with Crippen LogP contribution in [-0.4, -0.2) is 15.9 Å². The van der Waals surface area contributed by atoms with Gasteiger partial charge in [-0.1, -0.05) is 6.07 Å². The summed E-state index contributed by atoms with van der Waals surface area (Å²) in [6.07, 6.45) is 5.86. The van der Waals surface area contributed by atoms with E-state index in [0.717, 1.165) is 0 Å². The number of benzene rings is 2. The molecule has 31 heavy (non-hydrogen) atoms. The third-order valence-electron chi connectivity index (χ3n) is 4.17. The number of rotatable bonds is 6. The SMILES string of the molecule is O=C(/C=C/c1ccc(Oc2cccnc2)c(F)c1)Nc1scnc1-c1ccc(F)cc1. The summed E-state index contributed by atoms with van der Waals surface area (Å²) in [7, 11) is 0. The number of hydrogen-bond acceptors (Lipinski definition) is 5. The molecule has 0 atom stereocenters. The summed E-state index contributed by atoms with van der Waals surface area (Å²) >= 11 is 1.25. The molecule has 0 aliphatic rings. The van der Waals surface area contributed by atoms with E-state index in [2.05, 4.69) is 15.3 Å². The smallest absolute Gasteiger partial charge is 0.249 e. The van der Waals surface area contributed by atoms with Gasteiger partial charge in [0.15, 0.2) is 11.6 Å². The molecular weight excluding hydrogens is 420 g/mol. The van der Waals surface area contributed by atoms with Gasteiger partial charge in [-0.15, -0.1) is 11.3 Å². The zero-order chi connectivity index (χ0) is 21.6. The van der Waals surface area contributed by atoms with Gasteiger partial charge in [-0.25, -0.2) is 13.8 Å². The van der Waals surface area contributed by atoms with E-state index in [1.54, 1.807) is 42.0 Å². The van der Waals surface area contributed by atoms with Gasteiger partial charge in [0, 0.05) is 17.8 Å². The number of anilines is 1. The molecule has 4 aromatic rings. The number of thiazole rings is 1. The van der Waals surface area contributed by atoms with Gasteiger partial charge in [0.1, 0.15) is 22.3 Å². The van der Waals surface area contributed by atoms with Gasteiger partial charge in [-0.2, -0.15) is 0 Å². The number of halogens is 2. The Bertz CT molecular complexity index is 1230. The molecule has 4 rings (SSSR count). The first-order valence-corrected chi connectivity index (χ1v) is 10.0. The molecule has 2 aromatic carbocycles. The van der Waals surface area contributed by atoms with E-state index in [-0.39, 0.29) is 11.6 Å². The first-order chi connectivity index (χ1) is 15.1. The van der Waals surface area contributed by atoms with Crippen molar-refractivity contribution in [3.63, 3.8) is 0 Å². The molecule has 0 fully saturated rings. The highest BCUT2D eigenvalue weighted by Crippen LogP contribution is 2.30. The fourth-order valence-corrected chi connectivity index (χ4v) is 3.42. The number of nitrogens with one attached hydrogen (secondary N) is 1. The number of aromatic nitrogens is 2. The van der Waals surface area contributed by atoms with Crippen LogP contribution in [0.3, 0.4) is 0 Å². The second-order valence-corrected chi connectivity index (χ2v) is 7.19. The highest BCUT2D eigenvalue weighted by atomic mass is 32.1. The maximum Gasteiger partial charge on any atom is 0.249 e. The first kappa shape index (κ1) is 20.4. The monoisotopic (exact) mass is 435 g/mol. The van der Waals surface area contributed by atoms with Crippen LogP contribution in [0.1, 0.15) is 5.56 Å². The number of pyridine rings is 1. The standard InChI is InChI=1S/C23H15F2N3O2S/c24-17-7-5-16(6-8-17)22-23(31-14-27-22)28-21(29)10-4-15-3-9-20(19(25)12-15)30-18-2-1-11-26-13-18/h1-14H,(H,28,29)/b10-4+. The van der Waals surface area contributed by atoms with Gasteiger partial charge in [-0.3, -0.25) is 9.78 Å². The second kappa shape index (κ2) is 9.27. The molecular formula is C23H15F2N3O2S. The number of amides is 1. The molecule has 0 unspecified atom stereocenters. The zero-order valence-corrected chi connectivity index (χ0v) is 16.8. The molecule has 0 saturated heterocycles. The molecule has 2 aromatic heterocycles. The summed E-state index contributed by atoms with van der Waals surface area (Å²) in [6, 6.07) is 13.6. The Morgan fingerprint density at radius 1 is 1.10 bits per heavy atom. The van der Waals surface area contributed by atoms with Gasteiger partial charge in [0.05, 0.1) is 11.7 Å². The lowest BCUT2D eigenvalue weighted by molar-refractivity contribution is -0.111. The fraction of sp³-hybridized carbons (Fsp3) is 0. The van der Waals surface area contributed by atoms with Crippen LogP contribution in [0.4, 0.5) is 13.8 Å². The van der Waals surface area contributed by atoms with Crippen LogP contribution in [0.2, 0.25) is 0 Å². The third-order valence-corrected chi connectivity index (χ3v) is 4.91. The highest BCUT2D eigenvalue weighted by Gasteiger charge is 2.11. The Kier molecular flexibility index (Phi) is 6.09. The Labute approximate surface area is 180 Å². The molecule has 2 heterocycles. The molecule has 154 valence electrons. The minimum absolute atomic E-state index is 0.0585. The lowest BCUT2D eigenvalue weighted by atomic mass is 10.1. The summed E-state index contributed by atoms with van der Waals surface area (Å²) in [5.74, 6) is -0.832. The van der Waals surface area contributed by atoms with Crippen LogP contribution in [0.15, 0.2) is 78.6 Å². The van der Waals surface area contributed by atoms with Crippen LogP contribution >= 0.6 is 11.3 Å². The molecule has 0 aliphatic carbocycles. The molecule has 0 aliphatic heterocycles. The predicted octanol–water partition coefficient (Wildman–Crippen LogP) is 5.93. The van der Waals surface area contributed by atoms with Crippen molar-refractivity contribution in [3.05, 3.63) is 95.8 Å². The summed E-state index contributed by atoms with van der Waals surface area (Å²) in [6.45, 7) is 0. The van der Waals surface area contributed by atoms with Crippen molar-refractivity contribution in [2.24, 2.45) is 0 Å². The van der Waals surface area contributed by atoms with Crippen molar-refractivity contribution in [3.8, 4) is 22.8 Å². The summed E-state index contributed by atoms with van der Waals surface area (Å²) in [5.41, 5.74) is 3.33. The van der Waals surface area contributed by atoms with E-state index in [4.69, 9.17) is 4.74 Å². The van der Waals surface area contributed by atoms with Crippen molar-refractivity contribution in [2.75, 3.05) is 5.32 Å². The van der Waals surface area contributed by atoms with Crippen LogP contribution in [-0.2, 0) is 4.79 Å². The molecule has 0 bridgehead atoms. The lowest BCUT2D eigenvalue weighted by Crippen LogP contribution is -2.07. The van der Waals surface area contributed by atoms with Crippen molar-refractivity contribution in [1.29, 1.82) is 0 Å². The maximum absolute atomic E-state index is 14.3. The summed E-state index contributed by atoms with van der Waals surface area (Å²) in [5, 5.41) is 3.28. The number of carbonyl (C=O) groups is 1. The predicted molar refractivity (Wildman–Crippen MR) is 116 cm³/mol. The molecule has 0 spiro atoms. The minimum atomic E-state index is -0.563.